The Morgan fingerprint density at radius 2 is 1.83 bits per heavy atom. The van der Waals surface area contributed by atoms with Crippen LogP contribution in [-0.2, 0) is 4.74 Å². The van der Waals surface area contributed by atoms with Gasteiger partial charge in [0.05, 0.1) is 12.7 Å². The molecule has 1 heteroatoms. The quantitative estimate of drug-likeness (QED) is 0.670. The average molecular weight is 242 g/mol. The van der Waals surface area contributed by atoms with Crippen molar-refractivity contribution in [3.63, 3.8) is 0 Å². The van der Waals surface area contributed by atoms with Gasteiger partial charge >= 0.3 is 0 Å². The number of fused-ring (bicyclic) bond motifs is 2. The van der Waals surface area contributed by atoms with Crippen LogP contribution in [0.25, 0.3) is 0 Å². The van der Waals surface area contributed by atoms with Crippen LogP contribution in [0.15, 0.2) is 42.0 Å². The monoisotopic (exact) mass is 242 g/mol. The highest BCUT2D eigenvalue weighted by Crippen LogP contribution is 2.49. The van der Waals surface area contributed by atoms with Gasteiger partial charge < -0.3 is 4.74 Å². The van der Waals surface area contributed by atoms with Gasteiger partial charge in [0, 0.05) is 5.92 Å². The molecule has 0 amide bonds. The van der Waals surface area contributed by atoms with Crippen LogP contribution in [-0.4, -0.2) is 6.61 Å². The van der Waals surface area contributed by atoms with Crippen molar-refractivity contribution in [2.24, 2.45) is 23.7 Å². The van der Waals surface area contributed by atoms with E-state index in [4.69, 9.17) is 4.74 Å². The highest BCUT2D eigenvalue weighted by Gasteiger charge is 2.43. The predicted octanol–water partition coefficient (Wildman–Crippen LogP) is 4.22. The molecule has 0 aromatic heterocycles. The van der Waals surface area contributed by atoms with E-state index in [2.05, 4.69) is 57.2 Å². The SMILES string of the molecule is CC1=C[C@@H](C)[C@H]2CO[C@H](c3ccccc3)[C@@H]1[C@@H]2C. The first-order valence-electron chi connectivity index (χ1n) is 7.03. The first-order chi connectivity index (χ1) is 8.68. The van der Waals surface area contributed by atoms with Crippen molar-refractivity contribution in [3.05, 3.63) is 47.5 Å². The zero-order valence-electron chi connectivity index (χ0n) is 11.5. The standard InChI is InChI=1S/C17H22O/c1-11-9-12(2)16-13(3)15(11)10-18-17(16)14-7-5-4-6-8-14/h4-9,11,13,15-17H,10H2,1-3H3/t11-,13-,15-,16+,17-/m1/s1. The summed E-state index contributed by atoms with van der Waals surface area (Å²) in [4.78, 5) is 0. The Kier molecular flexibility index (Phi) is 3.03. The van der Waals surface area contributed by atoms with Gasteiger partial charge in [0.15, 0.2) is 0 Å². The van der Waals surface area contributed by atoms with E-state index in [1.54, 1.807) is 0 Å². The van der Waals surface area contributed by atoms with Crippen LogP contribution >= 0.6 is 0 Å². The number of hydrogen-bond acceptors (Lipinski definition) is 1. The summed E-state index contributed by atoms with van der Waals surface area (Å²) in [7, 11) is 0. The molecule has 1 fully saturated rings. The Bertz CT molecular complexity index is 448. The zero-order valence-corrected chi connectivity index (χ0v) is 11.5. The minimum Gasteiger partial charge on any atom is -0.373 e. The molecule has 1 aromatic carbocycles. The topological polar surface area (TPSA) is 9.23 Å². The molecule has 1 heterocycles. The molecule has 3 rings (SSSR count). The van der Waals surface area contributed by atoms with E-state index in [1.165, 1.54) is 11.1 Å². The summed E-state index contributed by atoms with van der Waals surface area (Å²) in [5.74, 6) is 2.64. The highest BCUT2D eigenvalue weighted by atomic mass is 16.5. The Balaban J connectivity index is 1.97. The lowest BCUT2D eigenvalue weighted by Crippen LogP contribution is -2.42. The van der Waals surface area contributed by atoms with E-state index in [9.17, 15) is 0 Å². The van der Waals surface area contributed by atoms with Crippen molar-refractivity contribution < 1.29 is 4.74 Å². The van der Waals surface area contributed by atoms with Crippen molar-refractivity contribution in [2.75, 3.05) is 6.61 Å². The number of hydrogen-bond donors (Lipinski definition) is 0. The second kappa shape index (κ2) is 4.55. The molecule has 1 aliphatic carbocycles. The molecule has 1 aliphatic heterocycles. The lowest BCUT2D eigenvalue weighted by molar-refractivity contribution is -0.0934. The summed E-state index contributed by atoms with van der Waals surface area (Å²) in [5, 5.41) is 0. The largest absolute Gasteiger partial charge is 0.373 e. The minimum atomic E-state index is 0.251. The summed E-state index contributed by atoms with van der Waals surface area (Å²) in [6, 6.07) is 10.7. The van der Waals surface area contributed by atoms with Gasteiger partial charge in [0.1, 0.15) is 0 Å². The van der Waals surface area contributed by atoms with E-state index >= 15 is 0 Å². The Hall–Kier alpha value is -1.08. The average Bonchev–Trinajstić information content (AvgIpc) is 2.37. The van der Waals surface area contributed by atoms with Crippen LogP contribution in [0.1, 0.15) is 32.4 Å². The predicted molar refractivity (Wildman–Crippen MR) is 74.2 cm³/mol. The summed E-state index contributed by atoms with van der Waals surface area (Å²) < 4.78 is 6.20. The Morgan fingerprint density at radius 1 is 1.11 bits per heavy atom. The summed E-state index contributed by atoms with van der Waals surface area (Å²) >= 11 is 0. The third-order valence-corrected chi connectivity index (χ3v) is 4.89. The number of ether oxygens (including phenoxy) is 1. The van der Waals surface area contributed by atoms with Crippen molar-refractivity contribution in [2.45, 2.75) is 26.9 Å². The zero-order chi connectivity index (χ0) is 12.7. The second-order valence-corrected chi connectivity index (χ2v) is 5.98. The molecule has 0 N–H and O–H groups in total. The maximum absolute atomic E-state index is 6.20. The molecular formula is C17H22O. The fraction of sp³-hybridized carbons (Fsp3) is 0.529. The smallest absolute Gasteiger partial charge is 0.0892 e. The van der Waals surface area contributed by atoms with E-state index in [0.29, 0.717) is 17.8 Å². The number of allylic oxidation sites excluding steroid dienone is 1. The van der Waals surface area contributed by atoms with Gasteiger partial charge in [-0.25, -0.2) is 0 Å². The molecule has 0 radical (unpaired) electrons. The molecule has 0 spiro atoms. The maximum Gasteiger partial charge on any atom is 0.0892 e. The normalized spacial score (nSPS) is 39.3. The maximum atomic E-state index is 6.20. The molecule has 0 saturated carbocycles. The van der Waals surface area contributed by atoms with Crippen LogP contribution in [0.4, 0.5) is 0 Å². The van der Waals surface area contributed by atoms with Gasteiger partial charge in [-0.05, 0) is 30.2 Å². The lowest BCUT2D eigenvalue weighted by atomic mass is 9.65. The number of rotatable bonds is 1. The first-order valence-corrected chi connectivity index (χ1v) is 7.03. The molecule has 1 nitrogen and oxygen atoms in total. The molecule has 1 aromatic rings. The van der Waals surface area contributed by atoms with E-state index < -0.39 is 0 Å². The third-order valence-electron chi connectivity index (χ3n) is 4.89. The van der Waals surface area contributed by atoms with Crippen molar-refractivity contribution in [1.29, 1.82) is 0 Å². The summed E-state index contributed by atoms with van der Waals surface area (Å²) in [6.45, 7) is 7.91. The molecule has 96 valence electrons. The van der Waals surface area contributed by atoms with Crippen LogP contribution in [0.5, 0.6) is 0 Å². The van der Waals surface area contributed by atoms with Crippen molar-refractivity contribution in [3.8, 4) is 0 Å². The van der Waals surface area contributed by atoms with Crippen LogP contribution in [0.3, 0.4) is 0 Å². The van der Waals surface area contributed by atoms with Crippen LogP contribution < -0.4 is 0 Å². The molecule has 18 heavy (non-hydrogen) atoms. The summed E-state index contributed by atoms with van der Waals surface area (Å²) in [6.07, 6.45) is 2.72. The molecule has 2 aliphatic rings. The van der Waals surface area contributed by atoms with E-state index in [1.807, 2.05) is 0 Å². The first kappa shape index (κ1) is 12.0. The molecule has 5 atom stereocenters. The fourth-order valence-electron chi connectivity index (χ4n) is 3.89. The van der Waals surface area contributed by atoms with Gasteiger partial charge in [0.25, 0.3) is 0 Å². The van der Waals surface area contributed by atoms with Crippen LogP contribution in [0.2, 0.25) is 0 Å². The van der Waals surface area contributed by atoms with E-state index in [-0.39, 0.29) is 6.10 Å². The van der Waals surface area contributed by atoms with Gasteiger partial charge in [-0.15, -0.1) is 0 Å². The minimum absolute atomic E-state index is 0.251. The highest BCUT2D eigenvalue weighted by molar-refractivity contribution is 5.25. The van der Waals surface area contributed by atoms with Gasteiger partial charge in [-0.1, -0.05) is 55.8 Å². The van der Waals surface area contributed by atoms with Gasteiger partial charge in [0.2, 0.25) is 0 Å². The second-order valence-electron chi connectivity index (χ2n) is 5.98. The molecule has 2 bridgehead atoms. The van der Waals surface area contributed by atoms with E-state index in [0.717, 1.165) is 12.5 Å². The molecule has 1 saturated heterocycles. The molecular weight excluding hydrogens is 220 g/mol. The Labute approximate surface area is 110 Å². The van der Waals surface area contributed by atoms with Crippen LogP contribution in [0, 0.1) is 23.7 Å². The van der Waals surface area contributed by atoms with Crippen molar-refractivity contribution >= 4 is 0 Å². The Morgan fingerprint density at radius 3 is 2.56 bits per heavy atom. The van der Waals surface area contributed by atoms with Gasteiger partial charge in [-0.3, -0.25) is 0 Å². The fourth-order valence-corrected chi connectivity index (χ4v) is 3.89. The molecule has 0 unspecified atom stereocenters. The third kappa shape index (κ3) is 1.81. The number of benzene rings is 1. The summed E-state index contributed by atoms with van der Waals surface area (Å²) in [5.41, 5.74) is 2.84. The van der Waals surface area contributed by atoms with Crippen molar-refractivity contribution in [1.82, 2.24) is 0 Å². The lowest BCUT2D eigenvalue weighted by Gasteiger charge is -2.47. The van der Waals surface area contributed by atoms with Gasteiger partial charge in [-0.2, -0.15) is 0 Å².